The van der Waals surface area contributed by atoms with Crippen LogP contribution in [0.1, 0.15) is 12.8 Å². The van der Waals surface area contributed by atoms with Gasteiger partial charge < -0.3 is 14.8 Å². The third kappa shape index (κ3) is 5.20. The molecule has 0 aromatic carbocycles. The fourth-order valence-electron chi connectivity index (χ4n) is 1.84. The molecule has 3 nitrogen and oxygen atoms in total. The standard InChI is InChI=1S/C11H23NO2S/c1-12-11-9-15-8-10(11)4-7-14-6-3-5-13-2/h10-12H,3-9H2,1-2H3. The van der Waals surface area contributed by atoms with Crippen LogP contribution in [0, 0.1) is 5.92 Å². The molecule has 1 heterocycles. The molecule has 0 bridgehead atoms. The van der Waals surface area contributed by atoms with Crippen LogP contribution < -0.4 is 5.32 Å². The summed E-state index contributed by atoms with van der Waals surface area (Å²) in [6.45, 7) is 2.53. The Kier molecular flexibility index (Phi) is 7.44. The number of hydrogen-bond donors (Lipinski definition) is 1. The van der Waals surface area contributed by atoms with Gasteiger partial charge in [0, 0.05) is 38.7 Å². The van der Waals surface area contributed by atoms with Crippen molar-refractivity contribution in [2.45, 2.75) is 18.9 Å². The van der Waals surface area contributed by atoms with Gasteiger partial charge in [0.1, 0.15) is 0 Å². The second kappa shape index (κ2) is 8.39. The largest absolute Gasteiger partial charge is 0.385 e. The van der Waals surface area contributed by atoms with Gasteiger partial charge in [-0.1, -0.05) is 0 Å². The van der Waals surface area contributed by atoms with E-state index >= 15 is 0 Å². The number of hydrogen-bond acceptors (Lipinski definition) is 4. The average Bonchev–Trinajstić information content (AvgIpc) is 2.70. The zero-order chi connectivity index (χ0) is 10.9. The van der Waals surface area contributed by atoms with Gasteiger partial charge in [0.25, 0.3) is 0 Å². The minimum absolute atomic E-state index is 0.692. The molecule has 0 aromatic heterocycles. The Morgan fingerprint density at radius 2 is 2.13 bits per heavy atom. The lowest BCUT2D eigenvalue weighted by Crippen LogP contribution is -2.32. The molecule has 0 radical (unpaired) electrons. The number of ether oxygens (including phenoxy) is 2. The highest BCUT2D eigenvalue weighted by atomic mass is 32.2. The number of rotatable bonds is 8. The van der Waals surface area contributed by atoms with Crippen molar-refractivity contribution in [1.29, 1.82) is 0 Å². The second-order valence-corrected chi connectivity index (χ2v) is 5.02. The molecule has 1 saturated heterocycles. The van der Waals surface area contributed by atoms with Gasteiger partial charge in [-0.05, 0) is 31.6 Å². The molecule has 0 aliphatic carbocycles. The quantitative estimate of drug-likeness (QED) is 0.642. The molecule has 4 heteroatoms. The Morgan fingerprint density at radius 1 is 1.27 bits per heavy atom. The molecule has 1 N–H and O–H groups in total. The third-order valence-electron chi connectivity index (χ3n) is 2.84. The predicted octanol–water partition coefficient (Wildman–Crippen LogP) is 1.38. The molecule has 0 aromatic rings. The van der Waals surface area contributed by atoms with Gasteiger partial charge in [0.2, 0.25) is 0 Å². The molecule has 1 aliphatic heterocycles. The molecule has 15 heavy (non-hydrogen) atoms. The molecule has 2 unspecified atom stereocenters. The van der Waals surface area contributed by atoms with Crippen molar-refractivity contribution in [3.8, 4) is 0 Å². The first-order valence-electron chi connectivity index (χ1n) is 5.70. The first-order chi connectivity index (χ1) is 7.38. The fraction of sp³-hybridized carbons (Fsp3) is 1.00. The maximum Gasteiger partial charge on any atom is 0.0487 e. The smallest absolute Gasteiger partial charge is 0.0487 e. The summed E-state index contributed by atoms with van der Waals surface area (Å²) in [5.74, 6) is 3.33. The lowest BCUT2D eigenvalue weighted by Gasteiger charge is -2.17. The highest BCUT2D eigenvalue weighted by Crippen LogP contribution is 2.26. The van der Waals surface area contributed by atoms with E-state index in [0.29, 0.717) is 6.04 Å². The average molecular weight is 233 g/mol. The van der Waals surface area contributed by atoms with E-state index in [1.54, 1.807) is 7.11 Å². The van der Waals surface area contributed by atoms with Crippen LogP contribution in [0.5, 0.6) is 0 Å². The van der Waals surface area contributed by atoms with Crippen molar-refractivity contribution in [3.05, 3.63) is 0 Å². The van der Waals surface area contributed by atoms with Crippen LogP contribution >= 0.6 is 11.8 Å². The Morgan fingerprint density at radius 3 is 2.87 bits per heavy atom. The molecule has 1 rings (SSSR count). The van der Waals surface area contributed by atoms with Crippen LogP contribution in [0.2, 0.25) is 0 Å². The van der Waals surface area contributed by atoms with Crippen molar-refractivity contribution in [2.75, 3.05) is 45.5 Å². The van der Waals surface area contributed by atoms with Crippen LogP contribution in [0.3, 0.4) is 0 Å². The van der Waals surface area contributed by atoms with Gasteiger partial charge >= 0.3 is 0 Å². The summed E-state index contributed by atoms with van der Waals surface area (Å²) in [7, 11) is 3.79. The van der Waals surface area contributed by atoms with Gasteiger partial charge in [-0.15, -0.1) is 0 Å². The first kappa shape index (κ1) is 13.3. The lowest BCUT2D eigenvalue weighted by molar-refractivity contribution is 0.0935. The Labute approximate surface area is 97.3 Å². The normalized spacial score (nSPS) is 26.0. The van der Waals surface area contributed by atoms with E-state index in [-0.39, 0.29) is 0 Å². The maximum atomic E-state index is 5.57. The van der Waals surface area contributed by atoms with Gasteiger partial charge in [-0.3, -0.25) is 0 Å². The van der Waals surface area contributed by atoms with Crippen molar-refractivity contribution in [2.24, 2.45) is 5.92 Å². The predicted molar refractivity (Wildman–Crippen MR) is 65.6 cm³/mol. The molecule has 1 fully saturated rings. The number of methoxy groups -OCH3 is 1. The SMILES string of the molecule is CNC1CSCC1CCOCCCOC. The summed E-state index contributed by atoms with van der Waals surface area (Å²) >= 11 is 2.05. The van der Waals surface area contributed by atoms with Crippen molar-refractivity contribution in [1.82, 2.24) is 5.32 Å². The first-order valence-corrected chi connectivity index (χ1v) is 6.85. The zero-order valence-electron chi connectivity index (χ0n) is 9.83. The zero-order valence-corrected chi connectivity index (χ0v) is 10.6. The molecular weight excluding hydrogens is 210 g/mol. The summed E-state index contributed by atoms with van der Waals surface area (Å²) in [4.78, 5) is 0. The summed E-state index contributed by atoms with van der Waals surface area (Å²) < 4.78 is 10.5. The van der Waals surface area contributed by atoms with Crippen LogP contribution in [0.15, 0.2) is 0 Å². The summed E-state index contributed by atoms with van der Waals surface area (Å²) in [5, 5.41) is 3.38. The van der Waals surface area contributed by atoms with Gasteiger partial charge in [-0.2, -0.15) is 11.8 Å². The van der Waals surface area contributed by atoms with Gasteiger partial charge in [0.15, 0.2) is 0 Å². The van der Waals surface area contributed by atoms with Crippen molar-refractivity contribution >= 4 is 11.8 Å². The Hall–Kier alpha value is 0.230. The molecule has 0 spiro atoms. The minimum Gasteiger partial charge on any atom is -0.385 e. The van der Waals surface area contributed by atoms with Crippen LogP contribution in [-0.2, 0) is 9.47 Å². The minimum atomic E-state index is 0.692. The number of thioether (sulfide) groups is 1. The van der Waals surface area contributed by atoms with E-state index in [0.717, 1.165) is 32.2 Å². The van der Waals surface area contributed by atoms with E-state index in [9.17, 15) is 0 Å². The maximum absolute atomic E-state index is 5.57. The topological polar surface area (TPSA) is 30.5 Å². The third-order valence-corrected chi connectivity index (χ3v) is 4.10. The fourth-order valence-corrected chi connectivity index (χ4v) is 3.37. The Bertz CT molecular complexity index is 158. The van der Waals surface area contributed by atoms with Crippen LogP contribution in [0.4, 0.5) is 0 Å². The second-order valence-electron chi connectivity index (χ2n) is 3.94. The molecule has 1 aliphatic rings. The summed E-state index contributed by atoms with van der Waals surface area (Å²) in [6, 6.07) is 0.692. The van der Waals surface area contributed by atoms with E-state index in [1.165, 1.54) is 17.9 Å². The summed E-state index contributed by atoms with van der Waals surface area (Å²) in [5.41, 5.74) is 0. The molecule has 2 atom stereocenters. The van der Waals surface area contributed by atoms with E-state index in [4.69, 9.17) is 9.47 Å². The van der Waals surface area contributed by atoms with Crippen LogP contribution in [0.25, 0.3) is 0 Å². The molecular formula is C11H23NO2S. The highest BCUT2D eigenvalue weighted by molar-refractivity contribution is 7.99. The highest BCUT2D eigenvalue weighted by Gasteiger charge is 2.25. The van der Waals surface area contributed by atoms with Gasteiger partial charge in [-0.25, -0.2) is 0 Å². The summed E-state index contributed by atoms with van der Waals surface area (Å²) in [6.07, 6.45) is 2.19. The van der Waals surface area contributed by atoms with E-state index in [1.807, 2.05) is 11.8 Å². The molecule has 90 valence electrons. The van der Waals surface area contributed by atoms with Crippen molar-refractivity contribution < 1.29 is 9.47 Å². The Balaban J connectivity index is 1.95. The lowest BCUT2D eigenvalue weighted by atomic mass is 10.0. The monoisotopic (exact) mass is 233 g/mol. The van der Waals surface area contributed by atoms with Crippen LogP contribution in [-0.4, -0.2) is 51.5 Å². The molecule has 0 saturated carbocycles. The number of nitrogens with one attached hydrogen (secondary N) is 1. The molecule has 0 amide bonds. The van der Waals surface area contributed by atoms with Crippen molar-refractivity contribution in [3.63, 3.8) is 0 Å². The van der Waals surface area contributed by atoms with E-state index in [2.05, 4.69) is 12.4 Å². The van der Waals surface area contributed by atoms with E-state index < -0.39 is 0 Å². The van der Waals surface area contributed by atoms with Gasteiger partial charge in [0.05, 0.1) is 0 Å².